The smallest absolute Gasteiger partial charge is 0.407 e. The van der Waals surface area contributed by atoms with Gasteiger partial charge in [-0.2, -0.15) is 0 Å². The number of hydrogen-bond donors (Lipinski definition) is 4. The Hall–Kier alpha value is -5.98. The Morgan fingerprint density at radius 2 is 0.985 bits per heavy atom. The van der Waals surface area contributed by atoms with Crippen LogP contribution in [-0.2, 0) is 38.1 Å². The highest BCUT2D eigenvalue weighted by Gasteiger charge is 2.42. The lowest BCUT2D eigenvalue weighted by Gasteiger charge is -2.34. The van der Waals surface area contributed by atoms with Crippen LogP contribution < -0.4 is 31.4 Å². The second-order valence-electron chi connectivity index (χ2n) is 16.7. The van der Waals surface area contributed by atoms with Crippen LogP contribution in [0.1, 0.15) is 75.6 Å². The molecule has 3 aromatic carbocycles. The van der Waals surface area contributed by atoms with Gasteiger partial charge in [0, 0.05) is 44.4 Å². The van der Waals surface area contributed by atoms with E-state index in [0.717, 1.165) is 29.7 Å². The summed E-state index contributed by atoms with van der Waals surface area (Å²) < 4.78 is 20.2. The number of alkyl carbamates (subject to hydrolysis) is 2. The number of likely N-dealkylation sites (tertiary alicyclic amines) is 2. The van der Waals surface area contributed by atoms with Crippen LogP contribution in [0, 0.1) is 0 Å². The summed E-state index contributed by atoms with van der Waals surface area (Å²) in [5.74, 6) is -1.44. The van der Waals surface area contributed by atoms with Gasteiger partial charge in [-0.05, 0) is 99.9 Å². The van der Waals surface area contributed by atoms with E-state index in [-0.39, 0.29) is 33.4 Å². The Balaban J connectivity index is 1.15. The molecule has 3 fully saturated rings. The second kappa shape index (κ2) is 22.3. The molecule has 65 heavy (non-hydrogen) atoms. The number of anilines is 3. The largest absolute Gasteiger partial charge is 0.453 e. The molecule has 6 rings (SSSR count). The highest BCUT2D eigenvalue weighted by atomic mass is 28.2. The van der Waals surface area contributed by atoms with Crippen molar-refractivity contribution in [3.8, 4) is 0 Å². The van der Waals surface area contributed by atoms with Crippen LogP contribution in [0.5, 0.6) is 0 Å². The topological polar surface area (TPSA) is 197 Å². The number of methoxy groups -OCH3 is 4. The van der Waals surface area contributed by atoms with Crippen LogP contribution >= 0.6 is 0 Å². The molecule has 350 valence electrons. The molecule has 3 aliphatic rings. The third-order valence-corrected chi connectivity index (χ3v) is 14.3. The lowest BCUT2D eigenvalue weighted by Crippen LogP contribution is -2.56. The molecule has 18 heteroatoms. The number of benzene rings is 3. The molecule has 3 heterocycles. The van der Waals surface area contributed by atoms with Gasteiger partial charge in [0.05, 0.1) is 48.0 Å². The van der Waals surface area contributed by atoms with Gasteiger partial charge >= 0.3 is 12.2 Å². The van der Waals surface area contributed by atoms with E-state index < -0.39 is 60.4 Å². The monoisotopic (exact) mass is 913 g/mol. The summed E-state index contributed by atoms with van der Waals surface area (Å²) in [5, 5.41) is 12.5. The number of carbonyl (C=O) groups excluding carboxylic acids is 6. The van der Waals surface area contributed by atoms with Crippen molar-refractivity contribution in [1.82, 2.24) is 20.4 Å². The molecule has 0 spiro atoms. The molecule has 0 unspecified atom stereocenters. The molecular formula is C47H63N7O10Si. The standard InChI is InChI=1S/C47H63N7O10Si/c1-28(61-3)40(50-46(59)63-5)44(57)52-26-8-10-38(52)42(55)48-32-16-12-30(13-17-32)36-24-25-37(54(36)34-20-22-35(65-7)23-21-34)31-14-18-33(19-15-31)49-43(56)39-11-9-27-53(39)45(58)41(29(2)62-4)51-47(60)64-6/h12-23,28-29,36-41H,8-11,24-27,65H2,1-7H3,(H,48,55)(H,49,56)(H,50,59)(H,51,60)/t28-,29-,36+,37+,38+,39+,40+,41+/m1/s1. The van der Waals surface area contributed by atoms with Gasteiger partial charge in [0.2, 0.25) is 23.6 Å². The highest BCUT2D eigenvalue weighted by Crippen LogP contribution is 2.47. The van der Waals surface area contributed by atoms with E-state index in [1.54, 1.807) is 13.8 Å². The zero-order valence-corrected chi connectivity index (χ0v) is 39.7. The molecule has 3 aliphatic heterocycles. The van der Waals surface area contributed by atoms with Crippen LogP contribution in [0.2, 0.25) is 6.55 Å². The normalized spacial score (nSPS) is 21.4. The Morgan fingerprint density at radius 3 is 1.34 bits per heavy atom. The van der Waals surface area contributed by atoms with Gasteiger partial charge in [-0.15, -0.1) is 0 Å². The SMILES string of the molecule is COC(=O)N[C@H](C(=O)N1CCC[C@H]1C(=O)Nc1ccc([C@@H]2CC[C@@H](c3ccc(NC(=O)[C@@H]4CCCN4C(=O)[C@@H](NC(=O)OC)[C@@H](C)OC)cc3)N2c2ccc([SiH2]C)cc2)cc1)[C@@H](C)OC. The van der Waals surface area contributed by atoms with Crippen molar-refractivity contribution in [1.29, 1.82) is 0 Å². The number of nitrogens with one attached hydrogen (secondary N) is 4. The average molecular weight is 914 g/mol. The predicted molar refractivity (Wildman–Crippen MR) is 249 cm³/mol. The number of hydrogen-bond acceptors (Lipinski definition) is 11. The number of ether oxygens (including phenoxy) is 4. The summed E-state index contributed by atoms with van der Waals surface area (Å²) in [6.45, 7) is 6.36. The maximum atomic E-state index is 13.7. The Labute approximate surface area is 383 Å². The molecule has 0 aromatic heterocycles. The molecule has 3 aromatic rings. The summed E-state index contributed by atoms with van der Waals surface area (Å²) in [4.78, 5) is 84.2. The van der Waals surface area contributed by atoms with Crippen LogP contribution in [0.15, 0.2) is 72.8 Å². The first-order chi connectivity index (χ1) is 31.3. The minimum Gasteiger partial charge on any atom is -0.453 e. The minimum atomic E-state index is -1.02. The summed E-state index contributed by atoms with van der Waals surface area (Å²) in [6, 6.07) is 21.1. The quantitative estimate of drug-likeness (QED) is 0.152. The fraction of sp³-hybridized carbons (Fsp3) is 0.489. The van der Waals surface area contributed by atoms with Gasteiger partial charge in [0.25, 0.3) is 0 Å². The third-order valence-electron chi connectivity index (χ3n) is 13.0. The average Bonchev–Trinajstić information content (AvgIpc) is 4.13. The van der Waals surface area contributed by atoms with Gasteiger partial charge in [0.15, 0.2) is 0 Å². The Kier molecular flexibility index (Phi) is 16.6. The summed E-state index contributed by atoms with van der Waals surface area (Å²) in [7, 11) is 4.99. The molecule has 17 nitrogen and oxygen atoms in total. The van der Waals surface area contributed by atoms with Crippen LogP contribution in [0.3, 0.4) is 0 Å². The number of nitrogens with zero attached hydrogens (tertiary/aromatic N) is 3. The maximum Gasteiger partial charge on any atom is 0.407 e. The van der Waals surface area contributed by atoms with Gasteiger partial charge < -0.3 is 54.9 Å². The van der Waals surface area contributed by atoms with Crippen molar-refractivity contribution in [2.45, 2.75) is 107 Å². The second-order valence-corrected chi connectivity index (χ2v) is 18.3. The lowest BCUT2D eigenvalue weighted by molar-refractivity contribution is -0.141. The fourth-order valence-electron chi connectivity index (χ4n) is 9.12. The maximum absolute atomic E-state index is 13.7. The third kappa shape index (κ3) is 11.3. The van der Waals surface area contributed by atoms with E-state index in [4.69, 9.17) is 18.9 Å². The molecule has 6 amide bonds. The first kappa shape index (κ1) is 48.5. The molecular weight excluding hydrogens is 851 g/mol. The molecule has 0 saturated carbocycles. The Bertz CT molecular complexity index is 2020. The van der Waals surface area contributed by atoms with E-state index in [1.165, 1.54) is 43.4 Å². The van der Waals surface area contributed by atoms with Crippen molar-refractivity contribution in [2.24, 2.45) is 0 Å². The zero-order chi connectivity index (χ0) is 46.8. The zero-order valence-electron chi connectivity index (χ0n) is 38.3. The molecule has 0 bridgehead atoms. The van der Waals surface area contributed by atoms with Crippen molar-refractivity contribution < 1.29 is 47.7 Å². The van der Waals surface area contributed by atoms with Crippen molar-refractivity contribution >= 4 is 67.6 Å². The minimum absolute atomic E-state index is 0.0306. The predicted octanol–water partition coefficient (Wildman–Crippen LogP) is 3.99. The number of amides is 6. The Morgan fingerprint density at radius 1 is 0.585 bits per heavy atom. The summed E-state index contributed by atoms with van der Waals surface area (Å²) in [5.41, 5.74) is 4.49. The van der Waals surface area contributed by atoms with E-state index >= 15 is 0 Å². The van der Waals surface area contributed by atoms with Crippen molar-refractivity contribution in [3.05, 3.63) is 83.9 Å². The molecule has 4 N–H and O–H groups in total. The lowest BCUT2D eigenvalue weighted by atomic mass is 10.0. The van der Waals surface area contributed by atoms with Crippen molar-refractivity contribution in [2.75, 3.05) is 57.1 Å². The van der Waals surface area contributed by atoms with Gasteiger partial charge in [-0.25, -0.2) is 9.59 Å². The number of carbonyl (C=O) groups is 6. The van der Waals surface area contributed by atoms with Crippen LogP contribution in [0.25, 0.3) is 0 Å². The molecule has 8 atom stereocenters. The highest BCUT2D eigenvalue weighted by molar-refractivity contribution is 6.51. The first-order valence-corrected chi connectivity index (χ1v) is 24.5. The van der Waals surface area contributed by atoms with Crippen LogP contribution in [0.4, 0.5) is 26.7 Å². The summed E-state index contributed by atoms with van der Waals surface area (Å²) >= 11 is 0. The number of rotatable bonds is 16. The van der Waals surface area contributed by atoms with Gasteiger partial charge in [-0.1, -0.05) is 48.1 Å². The molecule has 0 aliphatic carbocycles. The van der Waals surface area contributed by atoms with Gasteiger partial charge in [0.1, 0.15) is 24.2 Å². The van der Waals surface area contributed by atoms with Crippen LogP contribution in [-0.4, -0.2) is 133 Å². The van der Waals surface area contributed by atoms with Crippen molar-refractivity contribution in [3.63, 3.8) is 0 Å². The fourth-order valence-corrected chi connectivity index (χ4v) is 9.83. The van der Waals surface area contributed by atoms with E-state index in [2.05, 4.69) is 57.0 Å². The van der Waals surface area contributed by atoms with E-state index in [1.807, 2.05) is 48.5 Å². The van der Waals surface area contributed by atoms with E-state index in [0.29, 0.717) is 50.1 Å². The summed E-state index contributed by atoms with van der Waals surface area (Å²) in [6.07, 6.45) is 1.18. The molecule has 3 saturated heterocycles. The first-order valence-electron chi connectivity index (χ1n) is 22.4. The van der Waals surface area contributed by atoms with Gasteiger partial charge in [-0.3, -0.25) is 19.2 Å². The molecule has 0 radical (unpaired) electrons. The van der Waals surface area contributed by atoms with E-state index in [9.17, 15) is 28.8 Å².